The molecule has 194 valence electrons. The fourth-order valence-corrected chi connectivity index (χ4v) is 5.86. The molecule has 8 heteroatoms. The Morgan fingerprint density at radius 1 is 1.19 bits per heavy atom. The number of allylic oxidation sites excluding steroid dienone is 1. The van der Waals surface area contributed by atoms with Gasteiger partial charge in [0.2, 0.25) is 0 Å². The van der Waals surface area contributed by atoms with Crippen LogP contribution in [0.15, 0.2) is 68.0 Å². The summed E-state index contributed by atoms with van der Waals surface area (Å²) in [6, 6.07) is 13.1. The minimum Gasteiger partial charge on any atom is -0.496 e. The molecule has 0 aliphatic carbocycles. The van der Waals surface area contributed by atoms with Crippen LogP contribution in [0.5, 0.6) is 5.75 Å². The highest BCUT2D eigenvalue weighted by Gasteiger charge is 2.36. The lowest BCUT2D eigenvalue weighted by Gasteiger charge is -2.27. The van der Waals surface area contributed by atoms with Gasteiger partial charge >= 0.3 is 5.97 Å². The van der Waals surface area contributed by atoms with Crippen LogP contribution >= 0.6 is 27.3 Å². The Hall–Kier alpha value is -2.97. The van der Waals surface area contributed by atoms with Gasteiger partial charge < -0.3 is 9.47 Å². The number of benzene rings is 2. The maximum atomic E-state index is 13.9. The maximum Gasteiger partial charge on any atom is 0.338 e. The van der Waals surface area contributed by atoms with E-state index in [4.69, 9.17) is 14.5 Å². The summed E-state index contributed by atoms with van der Waals surface area (Å²) in [6.45, 7) is 8.33. The molecule has 0 radical (unpaired) electrons. The van der Waals surface area contributed by atoms with Crippen LogP contribution in [0.3, 0.4) is 0 Å². The highest BCUT2D eigenvalue weighted by atomic mass is 79.9. The number of carbonyl (C=O) groups excluding carboxylic acids is 1. The summed E-state index contributed by atoms with van der Waals surface area (Å²) in [5.41, 5.74) is 3.68. The third-order valence-electron chi connectivity index (χ3n) is 6.28. The highest BCUT2D eigenvalue weighted by Crippen LogP contribution is 2.38. The first-order valence-electron chi connectivity index (χ1n) is 12.4. The van der Waals surface area contributed by atoms with Crippen molar-refractivity contribution in [2.24, 2.45) is 4.99 Å². The molecule has 1 aromatic heterocycles. The Labute approximate surface area is 229 Å². The van der Waals surface area contributed by atoms with Crippen molar-refractivity contribution >= 4 is 39.3 Å². The van der Waals surface area contributed by atoms with Gasteiger partial charge in [-0.05, 0) is 54.7 Å². The van der Waals surface area contributed by atoms with Crippen LogP contribution < -0.4 is 19.6 Å². The van der Waals surface area contributed by atoms with Gasteiger partial charge in [0.15, 0.2) is 4.80 Å². The molecule has 4 rings (SSSR count). The van der Waals surface area contributed by atoms with E-state index >= 15 is 0 Å². The van der Waals surface area contributed by atoms with Crippen molar-refractivity contribution in [2.75, 3.05) is 13.7 Å². The van der Waals surface area contributed by atoms with Gasteiger partial charge in [0.05, 0.1) is 29.5 Å². The van der Waals surface area contributed by atoms with E-state index in [9.17, 15) is 9.59 Å². The number of methoxy groups -OCH3 is 1. The lowest BCUT2D eigenvalue weighted by Crippen LogP contribution is -2.40. The fourth-order valence-electron chi connectivity index (χ4n) is 4.46. The largest absolute Gasteiger partial charge is 0.496 e. The minimum absolute atomic E-state index is 0.207. The third-order valence-corrected chi connectivity index (χ3v) is 7.76. The summed E-state index contributed by atoms with van der Waals surface area (Å²) >= 11 is 4.88. The van der Waals surface area contributed by atoms with Crippen LogP contribution in [0.25, 0.3) is 6.08 Å². The van der Waals surface area contributed by atoms with Crippen LogP contribution in [0, 0.1) is 0 Å². The molecule has 2 aromatic carbocycles. The number of esters is 1. The van der Waals surface area contributed by atoms with E-state index in [0.29, 0.717) is 44.3 Å². The lowest BCUT2D eigenvalue weighted by molar-refractivity contribution is -0.139. The highest BCUT2D eigenvalue weighted by molar-refractivity contribution is 9.10. The smallest absolute Gasteiger partial charge is 0.338 e. The number of halogens is 1. The van der Waals surface area contributed by atoms with E-state index in [1.165, 1.54) is 16.9 Å². The molecule has 0 N–H and O–H groups in total. The number of hydrogen-bond acceptors (Lipinski definition) is 6. The number of nitrogens with zero attached hydrogens (tertiary/aromatic N) is 2. The van der Waals surface area contributed by atoms with E-state index in [2.05, 4.69) is 41.9 Å². The number of ether oxygens (including phenoxy) is 2. The first-order chi connectivity index (χ1) is 17.8. The molecule has 1 atom stereocenters. The second-order valence-corrected chi connectivity index (χ2v) is 11.0. The number of fused-ring (bicyclic) bond motifs is 1. The average Bonchev–Trinajstić information content (AvgIpc) is 3.18. The Morgan fingerprint density at radius 3 is 2.54 bits per heavy atom. The van der Waals surface area contributed by atoms with Gasteiger partial charge in [0.25, 0.3) is 5.56 Å². The first-order valence-corrected chi connectivity index (χ1v) is 14.0. The van der Waals surface area contributed by atoms with Crippen LogP contribution in [-0.4, -0.2) is 24.3 Å². The molecular weight excluding hydrogens is 552 g/mol. The normalized spacial score (nSPS) is 15.5. The topological polar surface area (TPSA) is 69.9 Å². The summed E-state index contributed by atoms with van der Waals surface area (Å²) in [4.78, 5) is 32.6. The molecule has 0 spiro atoms. The van der Waals surface area contributed by atoms with Gasteiger partial charge in [-0.3, -0.25) is 9.36 Å². The van der Waals surface area contributed by atoms with Crippen LogP contribution in [0.1, 0.15) is 69.2 Å². The summed E-state index contributed by atoms with van der Waals surface area (Å²) in [6.07, 6.45) is 3.26. The second-order valence-electron chi connectivity index (χ2n) is 9.12. The molecule has 3 aromatic rings. The molecule has 1 aliphatic rings. The lowest BCUT2D eigenvalue weighted by atomic mass is 9.93. The van der Waals surface area contributed by atoms with Crippen molar-refractivity contribution < 1.29 is 14.3 Å². The fraction of sp³-hybridized carbons (Fsp3) is 0.345. The summed E-state index contributed by atoms with van der Waals surface area (Å²) in [5, 5.41) is 0. The molecule has 0 amide bonds. The quantitative estimate of drug-likeness (QED) is 0.330. The average molecular weight is 584 g/mol. The summed E-state index contributed by atoms with van der Waals surface area (Å²) in [5.74, 6) is 0.532. The summed E-state index contributed by atoms with van der Waals surface area (Å²) < 4.78 is 14.1. The minimum atomic E-state index is -0.727. The Bertz CT molecular complexity index is 1520. The van der Waals surface area contributed by atoms with Crippen molar-refractivity contribution in [3.63, 3.8) is 0 Å². The third kappa shape index (κ3) is 5.50. The van der Waals surface area contributed by atoms with E-state index in [1.54, 1.807) is 18.6 Å². The first kappa shape index (κ1) is 27.1. The zero-order chi connectivity index (χ0) is 26.7. The second kappa shape index (κ2) is 11.6. The monoisotopic (exact) mass is 582 g/mol. The number of thiazole rings is 1. The molecule has 0 saturated heterocycles. The van der Waals surface area contributed by atoms with Crippen molar-refractivity contribution in [3.8, 4) is 5.75 Å². The van der Waals surface area contributed by atoms with E-state index < -0.39 is 12.0 Å². The van der Waals surface area contributed by atoms with Gasteiger partial charge in [-0.25, -0.2) is 9.79 Å². The molecular formula is C29H31BrN2O4S. The molecule has 0 unspecified atom stereocenters. The zero-order valence-corrected chi connectivity index (χ0v) is 24.1. The number of carbonyl (C=O) groups is 1. The molecule has 0 fully saturated rings. The summed E-state index contributed by atoms with van der Waals surface area (Å²) in [7, 11) is 1.58. The van der Waals surface area contributed by atoms with Gasteiger partial charge in [-0.2, -0.15) is 0 Å². The van der Waals surface area contributed by atoms with Gasteiger partial charge in [-0.15, -0.1) is 0 Å². The zero-order valence-electron chi connectivity index (χ0n) is 21.7. The SMILES string of the molecule is CCCC1=C(C(=O)OCC)[C@@H](c2cc(Br)ccc2OC)n2c(s/c(=C/c3ccc(C(C)C)cc3)c2=O)=N1. The number of aromatic nitrogens is 1. The van der Waals surface area contributed by atoms with Crippen molar-refractivity contribution in [3.05, 3.63) is 94.6 Å². The van der Waals surface area contributed by atoms with E-state index in [-0.39, 0.29) is 12.2 Å². The van der Waals surface area contributed by atoms with E-state index in [0.717, 1.165) is 16.5 Å². The van der Waals surface area contributed by atoms with Crippen LogP contribution in [0.4, 0.5) is 0 Å². The van der Waals surface area contributed by atoms with Gasteiger partial charge in [-0.1, -0.05) is 78.7 Å². The molecule has 0 saturated carbocycles. The van der Waals surface area contributed by atoms with Crippen molar-refractivity contribution in [2.45, 2.75) is 52.5 Å². The molecule has 0 bridgehead atoms. The molecule has 2 heterocycles. The predicted molar refractivity (Wildman–Crippen MR) is 151 cm³/mol. The number of hydrogen-bond donors (Lipinski definition) is 0. The van der Waals surface area contributed by atoms with Crippen LogP contribution in [-0.2, 0) is 9.53 Å². The van der Waals surface area contributed by atoms with Crippen molar-refractivity contribution in [1.29, 1.82) is 0 Å². The maximum absolute atomic E-state index is 13.9. The molecule has 1 aliphatic heterocycles. The Kier molecular flexibility index (Phi) is 8.49. The molecule has 6 nitrogen and oxygen atoms in total. The van der Waals surface area contributed by atoms with Crippen LogP contribution in [0.2, 0.25) is 0 Å². The predicted octanol–water partition coefficient (Wildman–Crippen LogP) is 5.47. The standard InChI is InChI=1S/C29H31BrN2O4S/c1-6-8-22-25(28(34)36-7-2)26(21-16-20(30)13-14-23(21)35-5)32-27(33)24(37-29(32)31-22)15-18-9-11-19(12-10-18)17(3)4/h9-17,26H,6-8H2,1-5H3/b24-15+/t26-/m1/s1. The Balaban J connectivity index is 2.00. The van der Waals surface area contributed by atoms with E-state index in [1.807, 2.05) is 43.3 Å². The van der Waals surface area contributed by atoms with Gasteiger partial charge in [0.1, 0.15) is 11.8 Å². The van der Waals surface area contributed by atoms with Crippen molar-refractivity contribution in [1.82, 2.24) is 4.57 Å². The Morgan fingerprint density at radius 2 is 1.92 bits per heavy atom. The van der Waals surface area contributed by atoms with Gasteiger partial charge in [0, 0.05) is 10.0 Å². The number of rotatable bonds is 8. The molecule has 37 heavy (non-hydrogen) atoms.